The van der Waals surface area contributed by atoms with Crippen molar-refractivity contribution in [2.75, 3.05) is 11.1 Å². The summed E-state index contributed by atoms with van der Waals surface area (Å²) in [4.78, 5) is 7.90. The van der Waals surface area contributed by atoms with Crippen molar-refractivity contribution in [3.63, 3.8) is 0 Å². The molecule has 1 rings (SSSR count). The van der Waals surface area contributed by atoms with Crippen molar-refractivity contribution in [2.24, 2.45) is 0 Å². The molecule has 3 N–H and O–H groups in total. The third-order valence-electron chi connectivity index (χ3n) is 1.45. The highest BCUT2D eigenvalue weighted by molar-refractivity contribution is 5.42. The molecule has 0 radical (unpaired) electrons. The first-order chi connectivity index (χ1) is 6.03. The van der Waals surface area contributed by atoms with Crippen molar-refractivity contribution in [1.29, 1.82) is 0 Å². The maximum absolute atomic E-state index is 5.45. The van der Waals surface area contributed by atoms with Crippen molar-refractivity contribution in [2.45, 2.75) is 19.4 Å². The third kappa shape index (κ3) is 2.64. The molecule has 0 amide bonds. The number of nitrogen functional groups attached to an aromatic ring is 1. The number of nitrogens with two attached hydrogens (primary N) is 1. The van der Waals surface area contributed by atoms with E-state index in [-0.39, 0.29) is 0 Å². The van der Waals surface area contributed by atoms with Crippen LogP contribution in [0.5, 0.6) is 0 Å². The summed E-state index contributed by atoms with van der Waals surface area (Å²) >= 11 is 0. The van der Waals surface area contributed by atoms with Gasteiger partial charge in [-0.05, 0) is 13.8 Å². The summed E-state index contributed by atoms with van der Waals surface area (Å²) in [6, 6.07) is 0. The van der Waals surface area contributed by atoms with Gasteiger partial charge in [0, 0.05) is 0 Å². The van der Waals surface area contributed by atoms with Crippen LogP contribution in [-0.2, 0) is 0 Å². The van der Waals surface area contributed by atoms with Gasteiger partial charge < -0.3 is 11.1 Å². The molecule has 1 aromatic heterocycles. The molecular weight excluding hydrogens is 164 g/mol. The highest BCUT2D eigenvalue weighted by Crippen LogP contribution is 2.11. The Bertz CT molecular complexity index is 338. The smallest absolute Gasteiger partial charge is 0.148 e. The number of nitrogens with one attached hydrogen (secondary N) is 1. The normalized spacial score (nSPS) is 10.5. The zero-order chi connectivity index (χ0) is 9.90. The summed E-state index contributed by atoms with van der Waals surface area (Å²) < 4.78 is 0. The molecule has 0 aliphatic heterocycles. The van der Waals surface area contributed by atoms with E-state index in [4.69, 9.17) is 12.2 Å². The minimum absolute atomic E-state index is 0.373. The summed E-state index contributed by atoms with van der Waals surface area (Å²) in [5, 5.41) is 3.02. The lowest BCUT2D eigenvalue weighted by Gasteiger charge is -2.19. The van der Waals surface area contributed by atoms with E-state index >= 15 is 0 Å². The molecule has 4 heteroatoms. The first kappa shape index (κ1) is 9.33. The van der Waals surface area contributed by atoms with Gasteiger partial charge in [0.15, 0.2) is 0 Å². The Morgan fingerprint density at radius 3 is 2.77 bits per heavy atom. The molecule has 0 aliphatic rings. The minimum atomic E-state index is -0.442. The monoisotopic (exact) mass is 176 g/mol. The van der Waals surface area contributed by atoms with Crippen LogP contribution in [-0.4, -0.2) is 15.5 Å². The lowest BCUT2D eigenvalue weighted by molar-refractivity contribution is 0.735. The Morgan fingerprint density at radius 1 is 1.54 bits per heavy atom. The predicted molar refractivity (Wildman–Crippen MR) is 53.0 cm³/mol. The molecule has 1 aromatic rings. The van der Waals surface area contributed by atoms with Crippen LogP contribution in [0.2, 0.25) is 0 Å². The molecule has 0 saturated carbocycles. The Kier molecular flexibility index (Phi) is 2.38. The molecule has 0 bridgehead atoms. The first-order valence-electron chi connectivity index (χ1n) is 3.87. The molecule has 0 fully saturated rings. The van der Waals surface area contributed by atoms with Crippen LogP contribution in [0.15, 0.2) is 12.4 Å². The second-order valence-electron chi connectivity index (χ2n) is 3.22. The van der Waals surface area contributed by atoms with E-state index in [9.17, 15) is 0 Å². The van der Waals surface area contributed by atoms with Gasteiger partial charge in [0.25, 0.3) is 0 Å². The minimum Gasteiger partial charge on any atom is -0.382 e. The number of rotatable bonds is 2. The molecule has 0 aliphatic carbocycles. The fourth-order valence-electron chi connectivity index (χ4n) is 0.798. The maximum atomic E-state index is 5.45. The van der Waals surface area contributed by atoms with Crippen LogP contribution in [0.3, 0.4) is 0 Å². The van der Waals surface area contributed by atoms with E-state index in [2.05, 4.69) is 21.2 Å². The van der Waals surface area contributed by atoms with Crippen molar-refractivity contribution in [3.05, 3.63) is 12.4 Å². The van der Waals surface area contributed by atoms with Gasteiger partial charge >= 0.3 is 0 Å². The molecule has 0 atom stereocenters. The van der Waals surface area contributed by atoms with E-state index in [0.29, 0.717) is 11.6 Å². The van der Waals surface area contributed by atoms with Crippen LogP contribution in [0.4, 0.5) is 11.6 Å². The van der Waals surface area contributed by atoms with Crippen molar-refractivity contribution >= 4 is 11.6 Å². The number of hydrogen-bond donors (Lipinski definition) is 2. The third-order valence-corrected chi connectivity index (χ3v) is 1.45. The molecule has 0 saturated heterocycles. The predicted octanol–water partition coefficient (Wildman–Crippen LogP) is 0.883. The fourth-order valence-corrected chi connectivity index (χ4v) is 0.798. The van der Waals surface area contributed by atoms with E-state index in [1.165, 1.54) is 6.20 Å². The van der Waals surface area contributed by atoms with Gasteiger partial charge in [0.05, 0.1) is 17.9 Å². The quantitative estimate of drug-likeness (QED) is 0.657. The van der Waals surface area contributed by atoms with Crippen LogP contribution < -0.4 is 11.1 Å². The fraction of sp³-hybridized carbons (Fsp3) is 0.333. The molecule has 1 heterocycles. The van der Waals surface area contributed by atoms with Crippen LogP contribution >= 0.6 is 0 Å². The summed E-state index contributed by atoms with van der Waals surface area (Å²) in [6.45, 7) is 3.75. The van der Waals surface area contributed by atoms with Crippen LogP contribution in [0.25, 0.3) is 0 Å². The van der Waals surface area contributed by atoms with Crippen molar-refractivity contribution < 1.29 is 0 Å². The molecule has 4 nitrogen and oxygen atoms in total. The van der Waals surface area contributed by atoms with Gasteiger partial charge in [-0.15, -0.1) is 6.42 Å². The Balaban J connectivity index is 2.82. The zero-order valence-corrected chi connectivity index (χ0v) is 7.70. The van der Waals surface area contributed by atoms with Gasteiger partial charge in [-0.1, -0.05) is 5.92 Å². The van der Waals surface area contributed by atoms with Gasteiger partial charge in [-0.25, -0.2) is 4.98 Å². The summed E-state index contributed by atoms with van der Waals surface area (Å²) in [6.07, 6.45) is 8.36. The topological polar surface area (TPSA) is 63.8 Å². The molecule has 13 heavy (non-hydrogen) atoms. The Hall–Kier alpha value is -1.76. The SMILES string of the molecule is C#CC(C)(C)Nc1cncc(N)n1. The zero-order valence-electron chi connectivity index (χ0n) is 7.70. The number of nitrogens with zero attached hydrogens (tertiary/aromatic N) is 2. The van der Waals surface area contributed by atoms with E-state index in [1.807, 2.05) is 13.8 Å². The number of aromatic nitrogens is 2. The highest BCUT2D eigenvalue weighted by atomic mass is 15.1. The Morgan fingerprint density at radius 2 is 2.23 bits per heavy atom. The lowest BCUT2D eigenvalue weighted by Crippen LogP contribution is -2.29. The largest absolute Gasteiger partial charge is 0.382 e. The van der Waals surface area contributed by atoms with Crippen LogP contribution in [0, 0.1) is 12.3 Å². The average Bonchev–Trinajstić information content (AvgIpc) is 2.03. The maximum Gasteiger partial charge on any atom is 0.148 e. The Labute approximate surface area is 77.6 Å². The molecular formula is C9H12N4. The van der Waals surface area contributed by atoms with Crippen molar-refractivity contribution in [3.8, 4) is 12.3 Å². The van der Waals surface area contributed by atoms with E-state index in [0.717, 1.165) is 0 Å². The lowest BCUT2D eigenvalue weighted by atomic mass is 10.1. The average molecular weight is 176 g/mol. The molecule has 0 aromatic carbocycles. The van der Waals surface area contributed by atoms with E-state index in [1.54, 1.807) is 6.20 Å². The molecule has 0 spiro atoms. The summed E-state index contributed by atoms with van der Waals surface area (Å²) in [5.74, 6) is 3.55. The van der Waals surface area contributed by atoms with Crippen LogP contribution in [0.1, 0.15) is 13.8 Å². The second kappa shape index (κ2) is 3.31. The first-order valence-corrected chi connectivity index (χ1v) is 3.87. The summed E-state index contributed by atoms with van der Waals surface area (Å²) in [5.41, 5.74) is 5.01. The van der Waals surface area contributed by atoms with Crippen molar-refractivity contribution in [1.82, 2.24) is 9.97 Å². The number of terminal acetylenes is 1. The highest BCUT2D eigenvalue weighted by Gasteiger charge is 2.13. The van der Waals surface area contributed by atoms with Gasteiger partial charge in [-0.2, -0.15) is 0 Å². The van der Waals surface area contributed by atoms with E-state index < -0.39 is 5.54 Å². The van der Waals surface area contributed by atoms with Gasteiger partial charge in [0.2, 0.25) is 0 Å². The molecule has 0 unspecified atom stereocenters. The summed E-state index contributed by atoms with van der Waals surface area (Å²) in [7, 11) is 0. The standard InChI is InChI=1S/C9H12N4/c1-4-9(2,3)13-8-6-11-5-7(10)12-8/h1,5-6H,2-3H3,(H3,10,12,13). The second-order valence-corrected chi connectivity index (χ2v) is 3.22. The van der Waals surface area contributed by atoms with Gasteiger partial charge in [-0.3, -0.25) is 4.98 Å². The number of anilines is 2. The number of hydrogen-bond acceptors (Lipinski definition) is 4. The van der Waals surface area contributed by atoms with Gasteiger partial charge in [0.1, 0.15) is 11.6 Å². The molecule has 68 valence electrons.